The monoisotopic (exact) mass is 448 g/mol. The highest BCUT2D eigenvalue weighted by molar-refractivity contribution is 5.76. The summed E-state index contributed by atoms with van der Waals surface area (Å²) in [6.45, 7) is 2.30. The zero-order valence-electron chi connectivity index (χ0n) is 20.2. The summed E-state index contributed by atoms with van der Waals surface area (Å²) in [7, 11) is 0. The first-order chi connectivity index (χ1) is 16.8. The molecule has 0 radical (unpaired) electrons. The predicted octanol–water partition coefficient (Wildman–Crippen LogP) is 5.60. The van der Waals surface area contributed by atoms with Gasteiger partial charge in [0.2, 0.25) is 0 Å². The molecule has 0 amide bonds. The fourth-order valence-corrected chi connectivity index (χ4v) is 9.48. The van der Waals surface area contributed by atoms with E-state index in [1.165, 1.54) is 62.5 Å². The second-order valence-electron chi connectivity index (χ2n) is 11.9. The van der Waals surface area contributed by atoms with Crippen molar-refractivity contribution in [1.82, 2.24) is 10.6 Å². The van der Waals surface area contributed by atoms with Crippen LogP contribution in [0.4, 0.5) is 0 Å². The highest BCUT2D eigenvalue weighted by atomic mass is 15.0. The zero-order valence-corrected chi connectivity index (χ0v) is 20.2. The van der Waals surface area contributed by atoms with Gasteiger partial charge in [0.15, 0.2) is 0 Å². The molecule has 0 aromatic heterocycles. The minimum atomic E-state index is 0.251. The molecule has 2 aliphatic heterocycles. The second kappa shape index (κ2) is 7.18. The first-order valence-corrected chi connectivity index (χ1v) is 13.9. The van der Waals surface area contributed by atoms with Crippen molar-refractivity contribution in [2.24, 2.45) is 11.8 Å². The van der Waals surface area contributed by atoms with Gasteiger partial charge in [-0.25, -0.2) is 0 Å². The molecule has 6 atom stereocenters. The summed E-state index contributed by atoms with van der Waals surface area (Å²) in [6, 6.07) is 15.8. The average molecular weight is 449 g/mol. The summed E-state index contributed by atoms with van der Waals surface area (Å²) in [5.41, 5.74) is 10.1. The smallest absolute Gasteiger partial charge is 0.0190 e. The number of nitrogens with one attached hydrogen (secondary N) is 2. The van der Waals surface area contributed by atoms with Gasteiger partial charge in [0.1, 0.15) is 0 Å². The number of rotatable bonds is 1. The van der Waals surface area contributed by atoms with E-state index in [9.17, 15) is 0 Å². The highest BCUT2D eigenvalue weighted by Crippen LogP contribution is 2.55. The molecule has 0 unspecified atom stereocenters. The number of hydrogen-bond acceptors (Lipinski definition) is 2. The van der Waals surface area contributed by atoms with Crippen molar-refractivity contribution >= 4 is 0 Å². The molecular formula is C32H36N2. The van der Waals surface area contributed by atoms with Crippen molar-refractivity contribution in [3.8, 4) is 11.1 Å². The lowest BCUT2D eigenvalue weighted by Gasteiger charge is -2.55. The van der Waals surface area contributed by atoms with Crippen LogP contribution in [0.25, 0.3) is 11.1 Å². The van der Waals surface area contributed by atoms with Crippen molar-refractivity contribution < 1.29 is 0 Å². The van der Waals surface area contributed by atoms with Crippen LogP contribution < -0.4 is 10.6 Å². The molecule has 2 heterocycles. The van der Waals surface area contributed by atoms with Gasteiger partial charge in [-0.1, -0.05) is 60.7 Å². The molecule has 2 N–H and O–H groups in total. The van der Waals surface area contributed by atoms with Crippen LogP contribution in [0.3, 0.4) is 0 Å². The van der Waals surface area contributed by atoms with Gasteiger partial charge in [-0.3, -0.25) is 0 Å². The van der Waals surface area contributed by atoms with Crippen molar-refractivity contribution in [2.75, 3.05) is 13.1 Å². The van der Waals surface area contributed by atoms with E-state index < -0.39 is 0 Å². The molecule has 2 aromatic rings. The fraction of sp³-hybridized carbons (Fsp3) is 0.500. The average Bonchev–Trinajstić information content (AvgIpc) is 2.88. The van der Waals surface area contributed by atoms with Gasteiger partial charge in [-0.05, 0) is 110 Å². The number of allylic oxidation sites excluding steroid dienone is 4. The van der Waals surface area contributed by atoms with Gasteiger partial charge >= 0.3 is 0 Å². The second-order valence-corrected chi connectivity index (χ2v) is 11.9. The van der Waals surface area contributed by atoms with Gasteiger partial charge in [-0.15, -0.1) is 0 Å². The third-order valence-electron chi connectivity index (χ3n) is 10.8. The maximum Gasteiger partial charge on any atom is 0.0190 e. The van der Waals surface area contributed by atoms with E-state index in [1.807, 2.05) is 0 Å². The first kappa shape index (κ1) is 20.1. The van der Waals surface area contributed by atoms with Crippen molar-refractivity contribution in [3.05, 3.63) is 83.0 Å². The predicted molar refractivity (Wildman–Crippen MR) is 139 cm³/mol. The third-order valence-corrected chi connectivity index (χ3v) is 10.8. The lowest BCUT2D eigenvalue weighted by atomic mass is 9.53. The summed E-state index contributed by atoms with van der Waals surface area (Å²) >= 11 is 0. The quantitative estimate of drug-likeness (QED) is 0.555. The molecule has 4 bridgehead atoms. The minimum Gasteiger partial charge on any atom is -0.313 e. The van der Waals surface area contributed by atoms with E-state index in [1.54, 1.807) is 22.3 Å². The van der Waals surface area contributed by atoms with Crippen LogP contribution in [0, 0.1) is 11.8 Å². The number of piperidine rings is 2. The maximum atomic E-state index is 3.94. The Hall–Kier alpha value is -2.16. The molecule has 8 rings (SSSR count). The molecule has 174 valence electrons. The maximum absolute atomic E-state index is 3.94. The van der Waals surface area contributed by atoms with Gasteiger partial charge in [0, 0.05) is 22.9 Å². The van der Waals surface area contributed by atoms with Gasteiger partial charge < -0.3 is 10.6 Å². The first-order valence-electron chi connectivity index (χ1n) is 13.9. The van der Waals surface area contributed by atoms with E-state index >= 15 is 0 Å². The Morgan fingerprint density at radius 3 is 1.65 bits per heavy atom. The molecule has 2 saturated heterocycles. The molecule has 2 heteroatoms. The van der Waals surface area contributed by atoms with Crippen LogP contribution in [0.1, 0.15) is 60.8 Å². The largest absolute Gasteiger partial charge is 0.313 e. The minimum absolute atomic E-state index is 0.251. The van der Waals surface area contributed by atoms with E-state index in [0.29, 0.717) is 12.1 Å². The lowest BCUT2D eigenvalue weighted by Crippen LogP contribution is -2.58. The number of fused-ring (bicyclic) bond motifs is 2. The molecule has 2 aromatic carbocycles. The van der Waals surface area contributed by atoms with Gasteiger partial charge in [0.05, 0.1) is 0 Å². The summed E-state index contributed by atoms with van der Waals surface area (Å²) in [5, 5.41) is 7.88. The Labute approximate surface area is 203 Å². The van der Waals surface area contributed by atoms with Crippen LogP contribution in [0.2, 0.25) is 0 Å². The molecule has 6 aliphatic rings. The summed E-state index contributed by atoms with van der Waals surface area (Å²) in [6.07, 6.45) is 20.2. The number of hydrogen-bond donors (Lipinski definition) is 2. The molecular weight excluding hydrogens is 412 g/mol. The van der Waals surface area contributed by atoms with E-state index in [-0.39, 0.29) is 10.8 Å². The highest BCUT2D eigenvalue weighted by Gasteiger charge is 2.52. The van der Waals surface area contributed by atoms with Crippen LogP contribution in [0.5, 0.6) is 0 Å². The Balaban J connectivity index is 1.34. The van der Waals surface area contributed by atoms with E-state index in [0.717, 1.165) is 24.9 Å². The Bertz CT molecular complexity index is 1130. The SMILES string of the molecule is C1=C[C@]23CCN[C@H](Cc4c(-c5cccc6c5C[C@H]5NCC[C@@]67C=CCC[C@@H]57)cccc42)[C@@H]3CC1. The topological polar surface area (TPSA) is 24.1 Å². The van der Waals surface area contributed by atoms with E-state index in [2.05, 4.69) is 71.3 Å². The molecule has 4 aliphatic carbocycles. The summed E-state index contributed by atoms with van der Waals surface area (Å²) in [5.74, 6) is 1.52. The summed E-state index contributed by atoms with van der Waals surface area (Å²) in [4.78, 5) is 0. The fourth-order valence-electron chi connectivity index (χ4n) is 9.48. The van der Waals surface area contributed by atoms with Crippen molar-refractivity contribution in [1.29, 1.82) is 0 Å². The van der Waals surface area contributed by atoms with Crippen molar-refractivity contribution in [3.63, 3.8) is 0 Å². The summed E-state index contributed by atoms with van der Waals surface area (Å²) < 4.78 is 0. The van der Waals surface area contributed by atoms with Gasteiger partial charge in [0.25, 0.3) is 0 Å². The van der Waals surface area contributed by atoms with Crippen LogP contribution >= 0.6 is 0 Å². The zero-order chi connectivity index (χ0) is 22.3. The van der Waals surface area contributed by atoms with Gasteiger partial charge in [-0.2, -0.15) is 0 Å². The Morgan fingerprint density at radius 2 is 1.15 bits per heavy atom. The van der Waals surface area contributed by atoms with Crippen LogP contribution in [-0.4, -0.2) is 25.2 Å². The van der Waals surface area contributed by atoms with E-state index in [4.69, 9.17) is 0 Å². The van der Waals surface area contributed by atoms with Crippen LogP contribution in [-0.2, 0) is 23.7 Å². The lowest BCUT2D eigenvalue weighted by molar-refractivity contribution is 0.149. The molecule has 2 fully saturated rings. The Kier molecular flexibility index (Phi) is 4.24. The molecule has 0 spiro atoms. The van der Waals surface area contributed by atoms with Crippen LogP contribution in [0.15, 0.2) is 60.7 Å². The molecule has 0 saturated carbocycles. The third kappa shape index (κ3) is 2.49. The standard InChI is InChI=1S/C32H36N2/c1-3-13-31-15-17-33-29(27(31)9-1)19-23-21(7-5-11-25(23)31)22-8-6-12-26-24(22)20-30-28-10-2-4-14-32(26,28)16-18-34-30/h3-8,11-14,27-30,33-34H,1-2,9-10,15-20H2/t27-,28-,29+,30+,31-,32-/m0/s1. The normalized spacial score (nSPS) is 38.9. The Morgan fingerprint density at radius 1 is 0.647 bits per heavy atom. The molecule has 34 heavy (non-hydrogen) atoms. The van der Waals surface area contributed by atoms with Crippen molar-refractivity contribution in [2.45, 2.75) is 74.3 Å². The number of benzene rings is 2. The molecule has 2 nitrogen and oxygen atoms in total.